The van der Waals surface area contributed by atoms with Crippen LogP contribution in [0.4, 0.5) is 4.39 Å². The maximum Gasteiger partial charge on any atom is 0.244 e. The number of amides is 1. The molecule has 0 atom stereocenters. The lowest BCUT2D eigenvalue weighted by Crippen LogP contribution is -2.19. The minimum absolute atomic E-state index is 0.108. The average Bonchev–Trinajstić information content (AvgIpc) is 2.63. The summed E-state index contributed by atoms with van der Waals surface area (Å²) < 4.78 is 24.4. The van der Waals surface area contributed by atoms with E-state index >= 15 is 0 Å². The summed E-state index contributed by atoms with van der Waals surface area (Å²) in [5, 5.41) is 3.94. The van der Waals surface area contributed by atoms with Crippen LogP contribution in [0, 0.1) is 5.82 Å². The first-order chi connectivity index (χ1) is 12.5. The van der Waals surface area contributed by atoms with Crippen LogP contribution in [0.2, 0.25) is 0 Å². The standard InChI is InChI=1S/C19H18BrFN2O3/c1-3-8-26-18-11-16(20)14(10-17(18)25-2)12-22-23-19(24)9-13-4-6-15(21)7-5-13/h3-7,10-12H,1,8-9H2,2H3,(H,23,24)/b22-12+. The topological polar surface area (TPSA) is 59.9 Å². The van der Waals surface area contributed by atoms with E-state index in [0.29, 0.717) is 29.2 Å². The Morgan fingerprint density at radius 1 is 1.31 bits per heavy atom. The van der Waals surface area contributed by atoms with Gasteiger partial charge in [0.1, 0.15) is 12.4 Å². The van der Waals surface area contributed by atoms with Crippen LogP contribution in [0.25, 0.3) is 0 Å². The van der Waals surface area contributed by atoms with Crippen LogP contribution in [0.5, 0.6) is 11.5 Å². The Hall–Kier alpha value is -2.67. The highest BCUT2D eigenvalue weighted by Gasteiger charge is 2.09. The van der Waals surface area contributed by atoms with Crippen molar-refractivity contribution in [3.63, 3.8) is 0 Å². The molecule has 7 heteroatoms. The summed E-state index contributed by atoms with van der Waals surface area (Å²) in [7, 11) is 1.54. The van der Waals surface area contributed by atoms with Crippen LogP contribution >= 0.6 is 15.9 Å². The number of benzene rings is 2. The molecule has 0 saturated heterocycles. The van der Waals surface area contributed by atoms with Crippen molar-refractivity contribution >= 4 is 28.1 Å². The third kappa shape index (κ3) is 5.70. The van der Waals surface area contributed by atoms with Gasteiger partial charge in [0.25, 0.3) is 0 Å². The van der Waals surface area contributed by atoms with Crippen molar-refractivity contribution in [2.45, 2.75) is 6.42 Å². The van der Waals surface area contributed by atoms with Gasteiger partial charge in [0.15, 0.2) is 11.5 Å². The molecular formula is C19H18BrFN2O3. The largest absolute Gasteiger partial charge is 0.493 e. The molecule has 1 N–H and O–H groups in total. The first kappa shape index (κ1) is 19.7. The zero-order valence-corrected chi connectivity index (χ0v) is 15.8. The van der Waals surface area contributed by atoms with E-state index in [4.69, 9.17) is 9.47 Å². The van der Waals surface area contributed by atoms with E-state index in [2.05, 4.69) is 33.0 Å². The van der Waals surface area contributed by atoms with Crippen LogP contribution in [0.1, 0.15) is 11.1 Å². The Labute approximate surface area is 159 Å². The zero-order chi connectivity index (χ0) is 18.9. The lowest BCUT2D eigenvalue weighted by molar-refractivity contribution is -0.120. The second-order valence-corrected chi connectivity index (χ2v) is 6.08. The van der Waals surface area contributed by atoms with E-state index in [1.807, 2.05) is 0 Å². The highest BCUT2D eigenvalue weighted by atomic mass is 79.9. The van der Waals surface area contributed by atoms with Crippen molar-refractivity contribution in [3.8, 4) is 11.5 Å². The van der Waals surface area contributed by atoms with E-state index < -0.39 is 0 Å². The number of hydrazone groups is 1. The molecule has 0 bridgehead atoms. The fourth-order valence-corrected chi connectivity index (χ4v) is 2.50. The predicted octanol–water partition coefficient (Wildman–Crippen LogP) is 3.85. The molecule has 0 aromatic heterocycles. The van der Waals surface area contributed by atoms with Crippen molar-refractivity contribution < 1.29 is 18.7 Å². The molecule has 5 nitrogen and oxygen atoms in total. The number of methoxy groups -OCH3 is 1. The normalized spacial score (nSPS) is 10.6. The Kier molecular flexibility index (Phi) is 7.35. The van der Waals surface area contributed by atoms with Crippen LogP contribution in [0.3, 0.4) is 0 Å². The van der Waals surface area contributed by atoms with Gasteiger partial charge in [0.05, 0.1) is 19.7 Å². The number of hydrogen-bond acceptors (Lipinski definition) is 4. The lowest BCUT2D eigenvalue weighted by atomic mass is 10.1. The molecule has 2 rings (SSSR count). The quantitative estimate of drug-likeness (QED) is 0.400. The second-order valence-electron chi connectivity index (χ2n) is 5.22. The molecule has 0 spiro atoms. The van der Waals surface area contributed by atoms with Crippen molar-refractivity contribution in [2.75, 3.05) is 13.7 Å². The molecule has 0 fully saturated rings. The van der Waals surface area contributed by atoms with E-state index in [0.717, 1.165) is 4.47 Å². The molecule has 136 valence electrons. The summed E-state index contributed by atoms with van der Waals surface area (Å²) in [6.45, 7) is 3.96. The number of nitrogens with one attached hydrogen (secondary N) is 1. The SMILES string of the molecule is C=CCOc1cc(Br)c(/C=N/NC(=O)Cc2ccc(F)cc2)cc1OC. The molecule has 0 aliphatic heterocycles. The molecule has 2 aromatic rings. The van der Waals surface area contributed by atoms with Crippen molar-refractivity contribution in [1.29, 1.82) is 0 Å². The summed E-state index contributed by atoms with van der Waals surface area (Å²) in [4.78, 5) is 11.9. The average molecular weight is 421 g/mol. The molecule has 0 saturated carbocycles. The third-order valence-corrected chi connectivity index (χ3v) is 4.00. The Morgan fingerprint density at radius 2 is 2.04 bits per heavy atom. The van der Waals surface area contributed by atoms with Gasteiger partial charge in [-0.2, -0.15) is 5.10 Å². The van der Waals surface area contributed by atoms with Gasteiger partial charge in [-0.3, -0.25) is 4.79 Å². The first-order valence-electron chi connectivity index (χ1n) is 7.71. The number of carbonyl (C=O) groups is 1. The first-order valence-corrected chi connectivity index (χ1v) is 8.50. The minimum Gasteiger partial charge on any atom is -0.493 e. The van der Waals surface area contributed by atoms with E-state index in [1.54, 1.807) is 30.3 Å². The number of hydrogen-bond donors (Lipinski definition) is 1. The van der Waals surface area contributed by atoms with Gasteiger partial charge < -0.3 is 9.47 Å². The monoisotopic (exact) mass is 420 g/mol. The highest BCUT2D eigenvalue weighted by Crippen LogP contribution is 2.32. The number of carbonyl (C=O) groups excluding carboxylic acids is 1. The highest BCUT2D eigenvalue weighted by molar-refractivity contribution is 9.10. The number of ether oxygens (including phenoxy) is 2. The summed E-state index contributed by atoms with van der Waals surface area (Å²) in [5.41, 5.74) is 3.84. The number of nitrogens with zero attached hydrogens (tertiary/aromatic N) is 1. The molecule has 1 amide bonds. The maximum absolute atomic E-state index is 12.9. The molecule has 0 heterocycles. The van der Waals surface area contributed by atoms with Gasteiger partial charge in [0, 0.05) is 10.0 Å². The molecule has 2 aromatic carbocycles. The fourth-order valence-electron chi connectivity index (χ4n) is 2.07. The maximum atomic E-state index is 12.9. The van der Waals surface area contributed by atoms with E-state index in [1.165, 1.54) is 25.5 Å². The molecule has 0 aliphatic rings. The summed E-state index contributed by atoms with van der Waals surface area (Å²) in [6.07, 6.45) is 3.24. The Bertz CT molecular complexity index is 807. The number of halogens is 2. The molecular weight excluding hydrogens is 403 g/mol. The van der Waals surface area contributed by atoms with E-state index in [9.17, 15) is 9.18 Å². The smallest absolute Gasteiger partial charge is 0.244 e. The van der Waals surface area contributed by atoms with Gasteiger partial charge in [-0.1, -0.05) is 24.8 Å². The van der Waals surface area contributed by atoms with Gasteiger partial charge in [-0.05, 0) is 45.8 Å². The van der Waals surface area contributed by atoms with Crippen LogP contribution in [-0.4, -0.2) is 25.8 Å². The van der Waals surface area contributed by atoms with Crippen molar-refractivity contribution in [2.24, 2.45) is 5.10 Å². The van der Waals surface area contributed by atoms with Gasteiger partial charge in [-0.15, -0.1) is 0 Å². The van der Waals surface area contributed by atoms with Crippen molar-refractivity contribution in [1.82, 2.24) is 5.43 Å². The predicted molar refractivity (Wildman–Crippen MR) is 102 cm³/mol. The van der Waals surface area contributed by atoms with Gasteiger partial charge >= 0.3 is 0 Å². The Balaban J connectivity index is 2.01. The van der Waals surface area contributed by atoms with Crippen LogP contribution in [0.15, 0.2) is 58.6 Å². The minimum atomic E-state index is -0.341. The summed E-state index contributed by atoms with van der Waals surface area (Å²) in [5.74, 6) is 0.458. The molecule has 0 radical (unpaired) electrons. The molecule has 26 heavy (non-hydrogen) atoms. The van der Waals surface area contributed by atoms with Crippen molar-refractivity contribution in [3.05, 3.63) is 70.5 Å². The van der Waals surface area contributed by atoms with E-state index in [-0.39, 0.29) is 18.1 Å². The second kappa shape index (κ2) is 9.72. The molecule has 0 unspecified atom stereocenters. The fraction of sp³-hybridized carbons (Fsp3) is 0.158. The molecule has 0 aliphatic carbocycles. The van der Waals surface area contributed by atoms with Gasteiger partial charge in [-0.25, -0.2) is 9.82 Å². The Morgan fingerprint density at radius 3 is 2.69 bits per heavy atom. The summed E-state index contributed by atoms with van der Waals surface area (Å²) >= 11 is 3.43. The summed E-state index contributed by atoms with van der Waals surface area (Å²) in [6, 6.07) is 9.22. The van der Waals surface area contributed by atoms with Gasteiger partial charge in [0.2, 0.25) is 5.91 Å². The zero-order valence-electron chi connectivity index (χ0n) is 14.2. The number of rotatable bonds is 8. The lowest BCUT2D eigenvalue weighted by Gasteiger charge is -2.11. The third-order valence-electron chi connectivity index (χ3n) is 3.31. The van der Waals surface area contributed by atoms with Crippen LogP contribution in [-0.2, 0) is 11.2 Å². The van der Waals surface area contributed by atoms with Crippen LogP contribution < -0.4 is 14.9 Å².